The Bertz CT molecular complexity index is 256. The highest BCUT2D eigenvalue weighted by Gasteiger charge is 2.25. The van der Waals surface area contributed by atoms with Gasteiger partial charge in [0.05, 0.1) is 0 Å². The van der Waals surface area contributed by atoms with Crippen molar-refractivity contribution in [1.29, 1.82) is 0 Å². The maximum absolute atomic E-state index is 12.3. The van der Waals surface area contributed by atoms with E-state index in [0.717, 1.165) is 52.1 Å². The Labute approximate surface area is 118 Å². The summed E-state index contributed by atoms with van der Waals surface area (Å²) in [7, 11) is 4.23. The van der Waals surface area contributed by atoms with Gasteiger partial charge in [-0.3, -0.25) is 9.69 Å². The minimum absolute atomic E-state index is 0.236. The largest absolute Gasteiger partial charge is 0.340 e. The monoisotopic (exact) mass is 269 g/mol. The number of carbonyl (C=O) groups excluding carboxylic acids is 1. The van der Waals surface area contributed by atoms with Crippen LogP contribution in [0.4, 0.5) is 0 Å². The number of amides is 1. The number of carbonyl (C=O) groups is 1. The van der Waals surface area contributed by atoms with Crippen LogP contribution in [0.25, 0.3) is 0 Å². The Morgan fingerprint density at radius 3 is 2.16 bits per heavy atom. The van der Waals surface area contributed by atoms with Gasteiger partial charge in [0.1, 0.15) is 0 Å². The van der Waals surface area contributed by atoms with Crippen LogP contribution in [0.15, 0.2) is 0 Å². The van der Waals surface area contributed by atoms with Crippen molar-refractivity contribution in [2.24, 2.45) is 5.92 Å². The molecule has 0 aromatic heterocycles. The fourth-order valence-corrected chi connectivity index (χ4v) is 2.70. The normalized spacial score (nSPS) is 17.5. The van der Waals surface area contributed by atoms with Gasteiger partial charge in [0.25, 0.3) is 0 Å². The molecule has 1 rings (SSSR count). The summed E-state index contributed by atoms with van der Waals surface area (Å²) in [6, 6.07) is 0. The van der Waals surface area contributed by atoms with Crippen LogP contribution in [0.3, 0.4) is 0 Å². The predicted molar refractivity (Wildman–Crippen MR) is 80.3 cm³/mol. The van der Waals surface area contributed by atoms with E-state index >= 15 is 0 Å². The molecule has 1 heterocycles. The molecule has 1 amide bonds. The van der Waals surface area contributed by atoms with E-state index in [0.29, 0.717) is 5.91 Å². The van der Waals surface area contributed by atoms with Crippen molar-refractivity contribution in [2.45, 2.75) is 33.1 Å². The number of nitrogens with zero attached hydrogens (tertiary/aromatic N) is 3. The van der Waals surface area contributed by atoms with Gasteiger partial charge in [0, 0.05) is 32.1 Å². The average molecular weight is 269 g/mol. The lowest BCUT2D eigenvalue weighted by Crippen LogP contribution is -2.50. The van der Waals surface area contributed by atoms with E-state index in [-0.39, 0.29) is 5.92 Å². The van der Waals surface area contributed by atoms with Gasteiger partial charge < -0.3 is 9.80 Å². The second-order valence-corrected chi connectivity index (χ2v) is 5.84. The molecular weight excluding hydrogens is 238 g/mol. The van der Waals surface area contributed by atoms with E-state index in [1.54, 1.807) is 0 Å². The summed E-state index contributed by atoms with van der Waals surface area (Å²) in [5, 5.41) is 0. The summed E-state index contributed by atoms with van der Waals surface area (Å²) in [4.78, 5) is 19.1. The third-order valence-electron chi connectivity index (χ3n) is 4.10. The Kier molecular flexibility index (Phi) is 7.39. The van der Waals surface area contributed by atoms with E-state index in [1.165, 1.54) is 6.42 Å². The van der Waals surface area contributed by atoms with Gasteiger partial charge in [-0.1, -0.05) is 13.8 Å². The molecule has 4 nitrogen and oxygen atoms in total. The minimum Gasteiger partial charge on any atom is -0.340 e. The summed E-state index contributed by atoms with van der Waals surface area (Å²) in [6.45, 7) is 10.4. The summed E-state index contributed by atoms with van der Waals surface area (Å²) < 4.78 is 0. The number of piperazine rings is 1. The Morgan fingerprint density at radius 2 is 1.68 bits per heavy atom. The molecule has 0 aliphatic carbocycles. The number of hydrogen-bond donors (Lipinski definition) is 0. The molecule has 19 heavy (non-hydrogen) atoms. The second kappa shape index (κ2) is 8.54. The summed E-state index contributed by atoms with van der Waals surface area (Å²) in [5.74, 6) is 0.609. The molecule has 112 valence electrons. The minimum atomic E-state index is 0.236. The van der Waals surface area contributed by atoms with Crippen molar-refractivity contribution in [3.05, 3.63) is 0 Å². The lowest BCUT2D eigenvalue weighted by molar-refractivity contribution is -0.137. The Hall–Kier alpha value is -0.610. The van der Waals surface area contributed by atoms with Gasteiger partial charge in [-0.2, -0.15) is 0 Å². The summed E-state index contributed by atoms with van der Waals surface area (Å²) >= 11 is 0. The van der Waals surface area contributed by atoms with Gasteiger partial charge in [-0.15, -0.1) is 0 Å². The van der Waals surface area contributed by atoms with Crippen molar-refractivity contribution in [1.82, 2.24) is 14.7 Å². The molecule has 0 saturated carbocycles. The van der Waals surface area contributed by atoms with Gasteiger partial charge in [0.2, 0.25) is 5.91 Å². The Morgan fingerprint density at radius 1 is 1.11 bits per heavy atom. The average Bonchev–Trinajstić information content (AvgIpc) is 2.40. The van der Waals surface area contributed by atoms with Crippen LogP contribution in [-0.4, -0.2) is 74.0 Å². The highest BCUT2D eigenvalue weighted by molar-refractivity contribution is 5.78. The number of rotatable bonds is 7. The highest BCUT2D eigenvalue weighted by Crippen LogP contribution is 2.14. The van der Waals surface area contributed by atoms with Gasteiger partial charge >= 0.3 is 0 Å². The topological polar surface area (TPSA) is 26.8 Å². The molecule has 1 saturated heterocycles. The van der Waals surface area contributed by atoms with Crippen LogP contribution in [0.2, 0.25) is 0 Å². The molecule has 0 bridgehead atoms. The van der Waals surface area contributed by atoms with E-state index in [9.17, 15) is 4.79 Å². The van der Waals surface area contributed by atoms with E-state index in [4.69, 9.17) is 0 Å². The third-order valence-corrected chi connectivity index (χ3v) is 4.10. The highest BCUT2D eigenvalue weighted by atomic mass is 16.2. The van der Waals surface area contributed by atoms with Crippen LogP contribution in [0.5, 0.6) is 0 Å². The molecule has 0 aromatic rings. The lowest BCUT2D eigenvalue weighted by Gasteiger charge is -2.36. The molecule has 0 N–H and O–H groups in total. The standard InChI is InChI=1S/C15H31N3O/c1-5-14(6-2)15(19)18-12-10-17(11-13-18)9-7-8-16(3)4/h14H,5-13H2,1-4H3. The molecule has 1 aliphatic heterocycles. The lowest BCUT2D eigenvalue weighted by atomic mass is 10.0. The van der Waals surface area contributed by atoms with Crippen molar-refractivity contribution in [2.75, 3.05) is 53.4 Å². The Balaban J connectivity index is 2.26. The SMILES string of the molecule is CCC(CC)C(=O)N1CCN(CCCN(C)C)CC1. The molecule has 4 heteroatoms. The molecular formula is C15H31N3O. The predicted octanol–water partition coefficient (Wildman–Crippen LogP) is 1.52. The molecule has 0 unspecified atom stereocenters. The fourth-order valence-electron chi connectivity index (χ4n) is 2.70. The van der Waals surface area contributed by atoms with Crippen molar-refractivity contribution < 1.29 is 4.79 Å². The van der Waals surface area contributed by atoms with Crippen LogP contribution < -0.4 is 0 Å². The molecule has 0 spiro atoms. The van der Waals surface area contributed by atoms with Crippen molar-refractivity contribution in [3.8, 4) is 0 Å². The van der Waals surface area contributed by atoms with Gasteiger partial charge in [-0.05, 0) is 46.4 Å². The van der Waals surface area contributed by atoms with Crippen LogP contribution in [0.1, 0.15) is 33.1 Å². The fraction of sp³-hybridized carbons (Fsp3) is 0.933. The maximum atomic E-state index is 12.3. The first-order valence-corrected chi connectivity index (χ1v) is 7.74. The molecule has 1 fully saturated rings. The van der Waals surface area contributed by atoms with Crippen LogP contribution in [0, 0.1) is 5.92 Å². The van der Waals surface area contributed by atoms with E-state index in [2.05, 4.69) is 42.6 Å². The zero-order valence-electron chi connectivity index (χ0n) is 13.2. The maximum Gasteiger partial charge on any atom is 0.225 e. The van der Waals surface area contributed by atoms with Gasteiger partial charge in [0.15, 0.2) is 0 Å². The van der Waals surface area contributed by atoms with E-state index in [1.807, 2.05) is 0 Å². The molecule has 0 atom stereocenters. The quantitative estimate of drug-likeness (QED) is 0.701. The van der Waals surface area contributed by atoms with Crippen LogP contribution >= 0.6 is 0 Å². The van der Waals surface area contributed by atoms with Crippen molar-refractivity contribution in [3.63, 3.8) is 0 Å². The first-order valence-electron chi connectivity index (χ1n) is 7.74. The van der Waals surface area contributed by atoms with Crippen molar-refractivity contribution >= 4 is 5.91 Å². The van der Waals surface area contributed by atoms with Crippen LogP contribution in [-0.2, 0) is 4.79 Å². The number of hydrogen-bond acceptors (Lipinski definition) is 3. The third kappa shape index (κ3) is 5.49. The first kappa shape index (κ1) is 16.4. The van der Waals surface area contributed by atoms with E-state index < -0.39 is 0 Å². The molecule has 0 radical (unpaired) electrons. The molecule has 1 aliphatic rings. The smallest absolute Gasteiger partial charge is 0.225 e. The zero-order valence-corrected chi connectivity index (χ0v) is 13.2. The summed E-state index contributed by atoms with van der Waals surface area (Å²) in [5.41, 5.74) is 0. The second-order valence-electron chi connectivity index (χ2n) is 5.84. The van der Waals surface area contributed by atoms with Gasteiger partial charge in [-0.25, -0.2) is 0 Å². The zero-order chi connectivity index (χ0) is 14.3. The summed E-state index contributed by atoms with van der Waals surface area (Å²) in [6.07, 6.45) is 3.16. The first-order chi connectivity index (χ1) is 9.08. The molecule has 0 aromatic carbocycles.